The maximum Gasteiger partial charge on any atom is 0.321 e. The van der Waals surface area contributed by atoms with E-state index >= 15 is 0 Å². The molecule has 2 amide bonds. The lowest BCUT2D eigenvalue weighted by Gasteiger charge is -2.31. The topological polar surface area (TPSA) is 109 Å². The fourth-order valence-electron chi connectivity index (χ4n) is 4.89. The first-order valence-corrected chi connectivity index (χ1v) is 13.1. The zero-order valence-electron chi connectivity index (χ0n) is 22.7. The molecule has 198 valence electrons. The Hall–Kier alpha value is -4.01. The van der Waals surface area contributed by atoms with Crippen LogP contribution < -0.4 is 10.9 Å². The number of urea groups is 1. The summed E-state index contributed by atoms with van der Waals surface area (Å²) in [4.78, 5) is 35.2. The van der Waals surface area contributed by atoms with Gasteiger partial charge in [0.1, 0.15) is 5.82 Å². The number of rotatable bonds is 4. The number of anilines is 1. The highest BCUT2D eigenvalue weighted by atomic mass is 16.2. The molecule has 1 fully saturated rings. The van der Waals surface area contributed by atoms with E-state index in [0.29, 0.717) is 43.9 Å². The lowest BCUT2D eigenvalue weighted by atomic mass is 9.87. The molecular weight excluding hydrogens is 478 g/mol. The van der Waals surface area contributed by atoms with E-state index in [4.69, 9.17) is 4.98 Å². The summed E-state index contributed by atoms with van der Waals surface area (Å²) in [6.07, 6.45) is 1.43. The number of H-pyrrole nitrogens is 1. The van der Waals surface area contributed by atoms with Crippen LogP contribution >= 0.6 is 0 Å². The first kappa shape index (κ1) is 25.6. The van der Waals surface area contributed by atoms with Crippen LogP contribution in [0.5, 0.6) is 0 Å². The third-order valence-electron chi connectivity index (χ3n) is 7.35. The predicted molar refractivity (Wildman–Crippen MR) is 149 cm³/mol. The molecule has 3 heterocycles. The number of hydrogen-bond acceptors (Lipinski definition) is 5. The molecule has 38 heavy (non-hydrogen) atoms. The molecule has 9 nitrogen and oxygen atoms in total. The smallest absolute Gasteiger partial charge is 0.321 e. The number of nitrogens with zero attached hydrogens (tertiary/aromatic N) is 5. The maximum atomic E-state index is 12.9. The van der Waals surface area contributed by atoms with Crippen LogP contribution in [-0.4, -0.2) is 49.0 Å². The van der Waals surface area contributed by atoms with E-state index in [1.165, 1.54) is 5.56 Å². The monoisotopic (exact) mass is 513 g/mol. The lowest BCUT2D eigenvalue weighted by Crippen LogP contribution is -2.41. The number of aromatic amines is 1. The summed E-state index contributed by atoms with van der Waals surface area (Å²) in [5.41, 5.74) is 5.82. The van der Waals surface area contributed by atoms with Crippen LogP contribution in [0.4, 0.5) is 10.5 Å². The summed E-state index contributed by atoms with van der Waals surface area (Å²) in [5, 5.41) is 11.4. The Balaban J connectivity index is 1.29. The van der Waals surface area contributed by atoms with Crippen molar-refractivity contribution in [3.05, 3.63) is 80.9 Å². The van der Waals surface area contributed by atoms with Gasteiger partial charge in [-0.25, -0.2) is 14.5 Å². The molecule has 0 aliphatic carbocycles. The maximum absolute atomic E-state index is 12.9. The van der Waals surface area contributed by atoms with Crippen molar-refractivity contribution in [2.24, 2.45) is 0 Å². The van der Waals surface area contributed by atoms with Crippen molar-refractivity contribution < 1.29 is 4.79 Å². The Morgan fingerprint density at radius 2 is 1.79 bits per heavy atom. The summed E-state index contributed by atoms with van der Waals surface area (Å²) in [7, 11) is 0. The molecule has 2 aromatic carbocycles. The number of hydrogen-bond donors (Lipinski definition) is 2. The van der Waals surface area contributed by atoms with Gasteiger partial charge >= 0.3 is 6.03 Å². The molecule has 1 aliphatic heterocycles. The molecule has 0 radical (unpaired) electrons. The molecule has 1 aliphatic rings. The molecule has 5 rings (SSSR count). The fourth-order valence-corrected chi connectivity index (χ4v) is 4.89. The molecule has 0 unspecified atom stereocenters. The molecule has 0 bridgehead atoms. The highest BCUT2D eigenvalue weighted by Gasteiger charge is 2.27. The van der Waals surface area contributed by atoms with Crippen molar-refractivity contribution in [3.8, 4) is 0 Å². The summed E-state index contributed by atoms with van der Waals surface area (Å²) in [6, 6.07) is 14.4. The number of aryl methyl sites for hydroxylation is 2. The summed E-state index contributed by atoms with van der Waals surface area (Å²) >= 11 is 0. The van der Waals surface area contributed by atoms with Crippen molar-refractivity contribution in [2.45, 2.75) is 65.3 Å². The standard InChI is InChI=1S/C29H35N7O2/c1-18-6-7-19(2)23(16-18)30-28(38)35-14-12-21(13-15-35)25-31-26-24(27(37)32-25)33-34-36(26)17-20-8-10-22(11-9-20)29(3,4)5/h6-11,16,21H,12-15,17H2,1-5H3,(H,30,38)(H,31,32,37). The number of carbonyl (C=O) groups is 1. The van der Waals surface area contributed by atoms with Crippen LogP contribution in [0.2, 0.25) is 0 Å². The van der Waals surface area contributed by atoms with Gasteiger partial charge in [-0.15, -0.1) is 5.10 Å². The quantitative estimate of drug-likeness (QED) is 0.404. The number of carbonyl (C=O) groups excluding carboxylic acids is 1. The average molecular weight is 514 g/mol. The first-order chi connectivity index (χ1) is 18.1. The highest BCUT2D eigenvalue weighted by molar-refractivity contribution is 5.90. The number of nitrogens with one attached hydrogen (secondary N) is 2. The number of piperidine rings is 1. The van der Waals surface area contributed by atoms with Crippen molar-refractivity contribution >= 4 is 22.9 Å². The van der Waals surface area contributed by atoms with Crippen molar-refractivity contribution in [2.75, 3.05) is 18.4 Å². The van der Waals surface area contributed by atoms with E-state index in [0.717, 1.165) is 22.4 Å². The summed E-state index contributed by atoms with van der Waals surface area (Å²) < 4.78 is 1.69. The van der Waals surface area contributed by atoms with Crippen LogP contribution in [0, 0.1) is 13.8 Å². The van der Waals surface area contributed by atoms with E-state index in [2.05, 4.69) is 65.6 Å². The molecule has 0 atom stereocenters. The van der Waals surface area contributed by atoms with Crippen LogP contribution in [0.3, 0.4) is 0 Å². The number of aromatic nitrogens is 5. The van der Waals surface area contributed by atoms with Crippen LogP contribution in [0.25, 0.3) is 11.2 Å². The van der Waals surface area contributed by atoms with E-state index in [1.807, 2.05) is 36.9 Å². The van der Waals surface area contributed by atoms with Gasteiger partial charge in [-0.05, 0) is 60.4 Å². The third-order valence-corrected chi connectivity index (χ3v) is 7.35. The van der Waals surface area contributed by atoms with Gasteiger partial charge in [-0.3, -0.25) is 4.79 Å². The van der Waals surface area contributed by atoms with Gasteiger partial charge in [-0.1, -0.05) is 62.4 Å². The average Bonchev–Trinajstić information content (AvgIpc) is 3.29. The van der Waals surface area contributed by atoms with E-state index in [-0.39, 0.29) is 28.4 Å². The zero-order chi connectivity index (χ0) is 27.0. The van der Waals surface area contributed by atoms with Gasteiger partial charge in [-0.2, -0.15) is 0 Å². The van der Waals surface area contributed by atoms with Crippen molar-refractivity contribution in [3.63, 3.8) is 0 Å². The molecule has 0 saturated carbocycles. The Morgan fingerprint density at radius 1 is 1.08 bits per heavy atom. The van der Waals surface area contributed by atoms with Crippen LogP contribution in [0.15, 0.2) is 47.3 Å². The summed E-state index contributed by atoms with van der Waals surface area (Å²) in [6.45, 7) is 12.2. The predicted octanol–water partition coefficient (Wildman–Crippen LogP) is 4.89. The molecule has 4 aromatic rings. The van der Waals surface area contributed by atoms with Crippen molar-refractivity contribution in [1.82, 2.24) is 29.9 Å². The second-order valence-electron chi connectivity index (χ2n) is 11.3. The number of benzene rings is 2. The van der Waals surface area contributed by atoms with E-state index in [1.54, 1.807) is 4.68 Å². The summed E-state index contributed by atoms with van der Waals surface area (Å²) in [5.74, 6) is 0.676. The van der Waals surface area contributed by atoms with Crippen LogP contribution in [0.1, 0.15) is 67.6 Å². The largest absolute Gasteiger partial charge is 0.324 e. The van der Waals surface area contributed by atoms with Gasteiger partial charge < -0.3 is 15.2 Å². The number of fused-ring (bicyclic) bond motifs is 1. The second kappa shape index (κ2) is 10.0. The minimum absolute atomic E-state index is 0.0475. The fraction of sp³-hybridized carbons (Fsp3) is 0.414. The molecule has 0 spiro atoms. The third kappa shape index (κ3) is 5.32. The van der Waals surface area contributed by atoms with Crippen LogP contribution in [-0.2, 0) is 12.0 Å². The Kier molecular flexibility index (Phi) is 6.77. The Bertz CT molecular complexity index is 1520. The number of likely N-dealkylation sites (tertiary alicyclic amines) is 1. The van der Waals surface area contributed by atoms with Gasteiger partial charge in [0.15, 0.2) is 11.2 Å². The van der Waals surface area contributed by atoms with Gasteiger partial charge in [0.05, 0.1) is 6.54 Å². The normalized spacial score (nSPS) is 14.7. The second-order valence-corrected chi connectivity index (χ2v) is 11.3. The number of amides is 2. The van der Waals surface area contributed by atoms with Gasteiger partial charge in [0.2, 0.25) is 0 Å². The van der Waals surface area contributed by atoms with Crippen molar-refractivity contribution in [1.29, 1.82) is 0 Å². The Labute approximate surface area is 222 Å². The molecule has 2 N–H and O–H groups in total. The molecule has 1 saturated heterocycles. The zero-order valence-corrected chi connectivity index (χ0v) is 22.7. The first-order valence-electron chi connectivity index (χ1n) is 13.1. The lowest BCUT2D eigenvalue weighted by molar-refractivity contribution is 0.193. The van der Waals surface area contributed by atoms with E-state index in [9.17, 15) is 9.59 Å². The SMILES string of the molecule is Cc1ccc(C)c(NC(=O)N2CCC(c3nc4c(nnn4Cc4ccc(C(C)(C)C)cc4)c(=O)[nH]3)CC2)c1. The Morgan fingerprint density at radius 3 is 2.47 bits per heavy atom. The minimum atomic E-state index is -0.283. The molecule has 9 heteroatoms. The molecular formula is C29H35N7O2. The molecule has 2 aromatic heterocycles. The van der Waals surface area contributed by atoms with Gasteiger partial charge in [0.25, 0.3) is 5.56 Å². The highest BCUT2D eigenvalue weighted by Crippen LogP contribution is 2.27. The van der Waals surface area contributed by atoms with Gasteiger partial charge in [0, 0.05) is 24.7 Å². The van der Waals surface area contributed by atoms with E-state index < -0.39 is 0 Å². The minimum Gasteiger partial charge on any atom is -0.324 e.